The Bertz CT molecular complexity index is 947. The summed E-state index contributed by atoms with van der Waals surface area (Å²) in [5, 5.41) is 1.77. The monoisotopic (exact) mass is 425 g/mol. The lowest BCUT2D eigenvalue weighted by Crippen LogP contribution is -2.55. The first-order valence-corrected chi connectivity index (χ1v) is 11.1. The van der Waals surface area contributed by atoms with Crippen LogP contribution in [0.5, 0.6) is 0 Å². The second-order valence-corrected chi connectivity index (χ2v) is 8.58. The zero-order chi connectivity index (χ0) is 22.0. The van der Waals surface area contributed by atoms with Gasteiger partial charge in [0.1, 0.15) is 5.82 Å². The van der Waals surface area contributed by atoms with Gasteiger partial charge in [0.2, 0.25) is 0 Å². The van der Waals surface area contributed by atoms with Crippen molar-refractivity contribution >= 4 is 28.6 Å². The number of pyridine rings is 1. The zero-order valence-corrected chi connectivity index (χ0v) is 18.3. The first kappa shape index (κ1) is 21.4. The number of anilines is 1. The average Bonchev–Trinajstić information content (AvgIpc) is 2.78. The molecule has 1 aromatic carbocycles. The van der Waals surface area contributed by atoms with Gasteiger partial charge in [-0.1, -0.05) is 24.3 Å². The second kappa shape index (κ2) is 9.09. The molecular weight excluding hydrogens is 394 g/mol. The maximum atomic E-state index is 13.3. The van der Waals surface area contributed by atoms with E-state index < -0.39 is 0 Å². The van der Waals surface area contributed by atoms with E-state index in [1.807, 2.05) is 43.0 Å². The highest BCUT2D eigenvalue weighted by Gasteiger charge is 2.31. The number of piperidine rings is 1. The Kier molecular flexibility index (Phi) is 6.27. The van der Waals surface area contributed by atoms with Gasteiger partial charge in [-0.3, -0.25) is 9.69 Å². The average molecular weight is 426 g/mol. The molecule has 3 heterocycles. The summed E-state index contributed by atoms with van der Waals surface area (Å²) in [6.07, 6.45) is 3.26. The van der Waals surface area contributed by atoms with Crippen LogP contribution in [0, 0.1) is 0 Å². The Morgan fingerprint density at radius 1 is 1.03 bits per heavy atom. The molecule has 0 unspecified atom stereocenters. The van der Waals surface area contributed by atoms with Gasteiger partial charge in [0, 0.05) is 56.9 Å². The fourth-order valence-electron chi connectivity index (χ4n) is 4.54. The number of nitrogens with two attached hydrogens (primary N) is 1. The van der Waals surface area contributed by atoms with Crippen LogP contribution in [0.4, 0.5) is 10.6 Å². The number of benzene rings is 1. The number of piperazine rings is 1. The van der Waals surface area contributed by atoms with Crippen LogP contribution in [-0.4, -0.2) is 83.1 Å². The summed E-state index contributed by atoms with van der Waals surface area (Å²) in [5.74, 6) is 0.236. The molecule has 2 aromatic rings. The highest BCUT2D eigenvalue weighted by Crippen LogP contribution is 2.25. The SMILES string of the molecule is CC(C)OC(=O)N1CCC(N2CCN(C(=O)c3c(N)ncc4ccccc34)CC2)CC1. The fourth-order valence-corrected chi connectivity index (χ4v) is 4.54. The largest absolute Gasteiger partial charge is 0.447 e. The van der Waals surface area contributed by atoms with E-state index in [0.717, 1.165) is 36.7 Å². The van der Waals surface area contributed by atoms with E-state index in [0.29, 0.717) is 37.8 Å². The molecule has 4 rings (SSSR count). The van der Waals surface area contributed by atoms with Crippen LogP contribution in [0.15, 0.2) is 30.5 Å². The Morgan fingerprint density at radius 2 is 1.71 bits per heavy atom. The van der Waals surface area contributed by atoms with Crippen LogP contribution in [0.25, 0.3) is 10.8 Å². The van der Waals surface area contributed by atoms with Crippen molar-refractivity contribution in [3.63, 3.8) is 0 Å². The molecule has 31 heavy (non-hydrogen) atoms. The van der Waals surface area contributed by atoms with E-state index in [9.17, 15) is 9.59 Å². The molecule has 1 aromatic heterocycles. The summed E-state index contributed by atoms with van der Waals surface area (Å²) in [4.78, 5) is 35.7. The minimum Gasteiger partial charge on any atom is -0.447 e. The van der Waals surface area contributed by atoms with Crippen molar-refractivity contribution in [2.45, 2.75) is 38.8 Å². The summed E-state index contributed by atoms with van der Waals surface area (Å²) < 4.78 is 5.31. The Hall–Kier alpha value is -2.87. The van der Waals surface area contributed by atoms with E-state index in [1.165, 1.54) is 0 Å². The van der Waals surface area contributed by atoms with Crippen molar-refractivity contribution in [2.24, 2.45) is 0 Å². The summed E-state index contributed by atoms with van der Waals surface area (Å²) in [6.45, 7) is 8.14. The molecule has 0 aliphatic carbocycles. The minimum atomic E-state index is -0.217. The van der Waals surface area contributed by atoms with Gasteiger partial charge in [0.25, 0.3) is 5.91 Å². The quantitative estimate of drug-likeness (QED) is 0.813. The van der Waals surface area contributed by atoms with Crippen LogP contribution in [0.1, 0.15) is 37.0 Å². The number of aromatic nitrogens is 1. The molecule has 2 aliphatic heterocycles. The summed E-state index contributed by atoms with van der Waals surface area (Å²) in [5.41, 5.74) is 6.60. The van der Waals surface area contributed by atoms with Crippen molar-refractivity contribution in [2.75, 3.05) is 45.0 Å². The number of likely N-dealkylation sites (tertiary alicyclic amines) is 1. The number of hydrogen-bond donors (Lipinski definition) is 1. The maximum absolute atomic E-state index is 13.3. The maximum Gasteiger partial charge on any atom is 0.410 e. The molecule has 8 heteroatoms. The lowest BCUT2D eigenvalue weighted by molar-refractivity contribution is 0.0360. The van der Waals surface area contributed by atoms with Crippen LogP contribution in [0.2, 0.25) is 0 Å². The number of carbonyl (C=O) groups excluding carboxylic acids is 2. The Balaban J connectivity index is 1.34. The highest BCUT2D eigenvalue weighted by atomic mass is 16.6. The molecule has 2 amide bonds. The molecule has 2 fully saturated rings. The second-order valence-electron chi connectivity index (χ2n) is 8.58. The van der Waals surface area contributed by atoms with Crippen LogP contribution in [0.3, 0.4) is 0 Å². The van der Waals surface area contributed by atoms with E-state index in [2.05, 4.69) is 9.88 Å². The summed E-state index contributed by atoms with van der Waals surface area (Å²) in [6, 6.07) is 8.15. The third kappa shape index (κ3) is 4.58. The Labute approximate surface area is 182 Å². The van der Waals surface area contributed by atoms with Gasteiger partial charge in [0.15, 0.2) is 0 Å². The summed E-state index contributed by atoms with van der Waals surface area (Å²) >= 11 is 0. The molecule has 0 radical (unpaired) electrons. The molecule has 0 atom stereocenters. The normalized spacial score (nSPS) is 18.5. The number of carbonyl (C=O) groups is 2. The van der Waals surface area contributed by atoms with Gasteiger partial charge in [0.05, 0.1) is 11.7 Å². The summed E-state index contributed by atoms with van der Waals surface area (Å²) in [7, 11) is 0. The number of nitrogens with zero attached hydrogens (tertiary/aromatic N) is 4. The van der Waals surface area contributed by atoms with E-state index in [4.69, 9.17) is 10.5 Å². The molecule has 2 N–H and O–H groups in total. The predicted molar refractivity (Wildman–Crippen MR) is 120 cm³/mol. The number of hydrogen-bond acceptors (Lipinski definition) is 6. The Morgan fingerprint density at radius 3 is 2.39 bits per heavy atom. The van der Waals surface area contributed by atoms with Crippen LogP contribution < -0.4 is 5.73 Å². The van der Waals surface area contributed by atoms with Crippen LogP contribution >= 0.6 is 0 Å². The molecular formula is C23H31N5O3. The number of fused-ring (bicyclic) bond motifs is 1. The van der Waals surface area contributed by atoms with Crippen molar-refractivity contribution in [3.05, 3.63) is 36.0 Å². The molecule has 2 saturated heterocycles. The van der Waals surface area contributed by atoms with Crippen molar-refractivity contribution in [1.29, 1.82) is 0 Å². The third-order valence-electron chi connectivity index (χ3n) is 6.22. The van der Waals surface area contributed by atoms with Gasteiger partial charge in [-0.2, -0.15) is 0 Å². The number of rotatable bonds is 3. The highest BCUT2D eigenvalue weighted by molar-refractivity contribution is 6.10. The first-order valence-electron chi connectivity index (χ1n) is 11.1. The van der Waals surface area contributed by atoms with Gasteiger partial charge in [-0.25, -0.2) is 9.78 Å². The van der Waals surface area contributed by atoms with Crippen LogP contribution in [-0.2, 0) is 4.74 Å². The lowest BCUT2D eigenvalue weighted by Gasteiger charge is -2.42. The zero-order valence-electron chi connectivity index (χ0n) is 18.3. The van der Waals surface area contributed by atoms with Crippen molar-refractivity contribution < 1.29 is 14.3 Å². The third-order valence-corrected chi connectivity index (χ3v) is 6.22. The van der Waals surface area contributed by atoms with Gasteiger partial charge in [-0.15, -0.1) is 0 Å². The molecule has 0 bridgehead atoms. The van der Waals surface area contributed by atoms with Gasteiger partial charge in [-0.05, 0) is 32.1 Å². The molecule has 2 aliphatic rings. The lowest BCUT2D eigenvalue weighted by atomic mass is 10.0. The first-order chi connectivity index (χ1) is 14.9. The van der Waals surface area contributed by atoms with Crippen molar-refractivity contribution in [3.8, 4) is 0 Å². The van der Waals surface area contributed by atoms with E-state index in [1.54, 1.807) is 11.1 Å². The minimum absolute atomic E-state index is 0.0484. The molecule has 0 saturated carbocycles. The fraction of sp³-hybridized carbons (Fsp3) is 0.522. The van der Waals surface area contributed by atoms with E-state index >= 15 is 0 Å². The predicted octanol–water partition coefficient (Wildman–Crippen LogP) is 2.58. The van der Waals surface area contributed by atoms with E-state index in [-0.39, 0.29) is 23.9 Å². The smallest absolute Gasteiger partial charge is 0.410 e. The topological polar surface area (TPSA) is 92.0 Å². The molecule has 166 valence electrons. The van der Waals surface area contributed by atoms with Gasteiger partial charge >= 0.3 is 6.09 Å². The van der Waals surface area contributed by atoms with Crippen molar-refractivity contribution in [1.82, 2.24) is 19.7 Å². The number of nitrogen functional groups attached to an aromatic ring is 1. The molecule has 8 nitrogen and oxygen atoms in total. The molecule has 0 spiro atoms. The number of amides is 2. The van der Waals surface area contributed by atoms with Gasteiger partial charge < -0.3 is 20.3 Å². The standard InChI is InChI=1S/C23H31N5O3/c1-16(2)31-23(30)28-9-7-18(8-10-28)26-11-13-27(14-12-26)22(29)20-19-6-4-3-5-17(19)15-25-21(20)24/h3-6,15-16,18H,7-14H2,1-2H3,(H2,24,25). The number of ether oxygens (including phenoxy) is 1.